The summed E-state index contributed by atoms with van der Waals surface area (Å²) in [6, 6.07) is 4.91. The standard InChI is InChI=1S/C18H23N5O2/c1-12-9-13(5-6-15(12)23-11-19-10-20-23)16(24)21-14-7-8-22(17(14)25)18(2,3)4/h5-6,9-11,14H,7-8H2,1-4H3,(H,21,24). The van der Waals surface area contributed by atoms with Crippen molar-refractivity contribution in [2.75, 3.05) is 6.54 Å². The van der Waals surface area contributed by atoms with Gasteiger partial charge in [-0.05, 0) is 57.9 Å². The minimum atomic E-state index is -0.456. The van der Waals surface area contributed by atoms with Gasteiger partial charge in [-0.25, -0.2) is 9.67 Å². The molecule has 0 spiro atoms. The van der Waals surface area contributed by atoms with Crippen molar-refractivity contribution in [3.8, 4) is 5.69 Å². The summed E-state index contributed by atoms with van der Waals surface area (Å²) in [6.07, 6.45) is 3.71. The molecule has 1 aliphatic heterocycles. The van der Waals surface area contributed by atoms with Crippen LogP contribution in [0.2, 0.25) is 0 Å². The summed E-state index contributed by atoms with van der Waals surface area (Å²) < 4.78 is 1.65. The second-order valence-corrected chi connectivity index (χ2v) is 7.32. The molecule has 1 atom stereocenters. The van der Waals surface area contributed by atoms with Crippen molar-refractivity contribution < 1.29 is 9.59 Å². The molecule has 0 bridgehead atoms. The minimum absolute atomic E-state index is 0.0168. The zero-order valence-electron chi connectivity index (χ0n) is 15.0. The summed E-state index contributed by atoms with van der Waals surface area (Å²) in [7, 11) is 0. The van der Waals surface area contributed by atoms with Gasteiger partial charge in [0.2, 0.25) is 5.91 Å². The molecule has 7 nitrogen and oxygen atoms in total. The first-order valence-electron chi connectivity index (χ1n) is 8.35. The van der Waals surface area contributed by atoms with Gasteiger partial charge in [-0.15, -0.1) is 0 Å². The molecular formula is C18H23N5O2. The lowest BCUT2D eigenvalue weighted by atomic mass is 10.1. The molecule has 1 fully saturated rings. The lowest BCUT2D eigenvalue weighted by molar-refractivity contribution is -0.133. The largest absolute Gasteiger partial charge is 0.340 e. The molecule has 132 valence electrons. The van der Waals surface area contributed by atoms with Crippen LogP contribution in [0.3, 0.4) is 0 Å². The highest BCUT2D eigenvalue weighted by molar-refractivity contribution is 5.98. The maximum absolute atomic E-state index is 12.5. The van der Waals surface area contributed by atoms with Gasteiger partial charge >= 0.3 is 0 Å². The fourth-order valence-corrected chi connectivity index (χ4v) is 3.11. The molecule has 0 saturated carbocycles. The van der Waals surface area contributed by atoms with Crippen LogP contribution in [0.15, 0.2) is 30.9 Å². The van der Waals surface area contributed by atoms with E-state index in [-0.39, 0.29) is 17.4 Å². The van der Waals surface area contributed by atoms with Gasteiger partial charge in [0.15, 0.2) is 0 Å². The summed E-state index contributed by atoms with van der Waals surface area (Å²) in [4.78, 5) is 30.8. The molecule has 2 aromatic rings. The number of likely N-dealkylation sites (tertiary alicyclic amines) is 1. The van der Waals surface area contributed by atoms with E-state index in [2.05, 4.69) is 15.4 Å². The number of aryl methyl sites for hydroxylation is 1. The van der Waals surface area contributed by atoms with Crippen LogP contribution in [-0.4, -0.2) is 49.6 Å². The van der Waals surface area contributed by atoms with Gasteiger partial charge in [-0.3, -0.25) is 9.59 Å². The van der Waals surface area contributed by atoms with Crippen LogP contribution in [0.1, 0.15) is 43.1 Å². The summed E-state index contributed by atoms with van der Waals surface area (Å²) >= 11 is 0. The number of nitrogens with zero attached hydrogens (tertiary/aromatic N) is 4. The first-order chi connectivity index (χ1) is 11.8. The molecule has 1 aromatic heterocycles. The predicted octanol–water partition coefficient (Wildman–Crippen LogP) is 1.70. The number of hydrogen-bond donors (Lipinski definition) is 1. The van der Waals surface area contributed by atoms with E-state index in [4.69, 9.17) is 0 Å². The lowest BCUT2D eigenvalue weighted by Gasteiger charge is -2.32. The van der Waals surface area contributed by atoms with Crippen molar-refractivity contribution in [3.63, 3.8) is 0 Å². The summed E-state index contributed by atoms with van der Waals surface area (Å²) in [5, 5.41) is 6.96. The van der Waals surface area contributed by atoms with Crippen molar-refractivity contribution in [2.45, 2.75) is 45.7 Å². The van der Waals surface area contributed by atoms with Gasteiger partial charge < -0.3 is 10.2 Å². The Labute approximate surface area is 147 Å². The Kier molecular flexibility index (Phi) is 4.32. The SMILES string of the molecule is Cc1cc(C(=O)NC2CCN(C(C)(C)C)C2=O)ccc1-n1cncn1. The van der Waals surface area contributed by atoms with Gasteiger partial charge in [-0.1, -0.05) is 0 Å². The van der Waals surface area contributed by atoms with E-state index in [1.54, 1.807) is 23.1 Å². The number of aromatic nitrogens is 3. The number of benzene rings is 1. The van der Waals surface area contributed by atoms with Gasteiger partial charge in [0.25, 0.3) is 5.91 Å². The Bertz CT molecular complexity index is 792. The quantitative estimate of drug-likeness (QED) is 0.921. The Morgan fingerprint density at radius 1 is 1.32 bits per heavy atom. The Balaban J connectivity index is 1.72. The molecular weight excluding hydrogens is 318 g/mol. The third kappa shape index (κ3) is 3.40. The van der Waals surface area contributed by atoms with Crippen molar-refractivity contribution in [1.82, 2.24) is 25.0 Å². The fourth-order valence-electron chi connectivity index (χ4n) is 3.11. The fraction of sp³-hybridized carbons (Fsp3) is 0.444. The molecule has 2 heterocycles. The van der Waals surface area contributed by atoms with Gasteiger partial charge in [0.1, 0.15) is 18.7 Å². The van der Waals surface area contributed by atoms with Crippen LogP contribution >= 0.6 is 0 Å². The molecule has 2 amide bonds. The maximum atomic E-state index is 12.5. The first kappa shape index (κ1) is 17.1. The average molecular weight is 341 g/mol. The number of nitrogens with one attached hydrogen (secondary N) is 1. The van der Waals surface area contributed by atoms with E-state index in [0.29, 0.717) is 18.5 Å². The number of hydrogen-bond acceptors (Lipinski definition) is 4. The summed E-state index contributed by atoms with van der Waals surface area (Å²) in [5.41, 5.74) is 2.08. The number of rotatable bonds is 3. The molecule has 1 aromatic carbocycles. The predicted molar refractivity (Wildman–Crippen MR) is 93.4 cm³/mol. The van der Waals surface area contributed by atoms with E-state index >= 15 is 0 Å². The second kappa shape index (κ2) is 6.31. The summed E-state index contributed by atoms with van der Waals surface area (Å²) in [5.74, 6) is -0.251. The minimum Gasteiger partial charge on any atom is -0.340 e. The van der Waals surface area contributed by atoms with E-state index in [1.165, 1.54) is 6.33 Å². The van der Waals surface area contributed by atoms with Gasteiger partial charge in [0, 0.05) is 17.6 Å². The number of amides is 2. The Hall–Kier alpha value is -2.70. The molecule has 0 aliphatic carbocycles. The zero-order valence-corrected chi connectivity index (χ0v) is 15.0. The highest BCUT2D eigenvalue weighted by Gasteiger charge is 2.38. The van der Waals surface area contributed by atoms with Crippen LogP contribution in [0.25, 0.3) is 5.69 Å². The zero-order chi connectivity index (χ0) is 18.2. The Morgan fingerprint density at radius 3 is 2.64 bits per heavy atom. The van der Waals surface area contributed by atoms with E-state index < -0.39 is 6.04 Å². The van der Waals surface area contributed by atoms with Crippen molar-refractivity contribution >= 4 is 11.8 Å². The number of carbonyl (C=O) groups is 2. The van der Waals surface area contributed by atoms with E-state index in [0.717, 1.165) is 11.3 Å². The first-order valence-corrected chi connectivity index (χ1v) is 8.35. The third-order valence-corrected chi connectivity index (χ3v) is 4.45. The van der Waals surface area contributed by atoms with Crippen LogP contribution in [0.4, 0.5) is 0 Å². The molecule has 7 heteroatoms. The molecule has 1 saturated heterocycles. The topological polar surface area (TPSA) is 80.1 Å². The third-order valence-electron chi connectivity index (χ3n) is 4.45. The normalized spacial score (nSPS) is 17.8. The molecule has 3 rings (SSSR count). The molecule has 1 aliphatic rings. The van der Waals surface area contributed by atoms with Crippen LogP contribution in [0, 0.1) is 6.92 Å². The average Bonchev–Trinajstić information content (AvgIpc) is 3.17. The molecule has 25 heavy (non-hydrogen) atoms. The van der Waals surface area contributed by atoms with Crippen molar-refractivity contribution in [2.24, 2.45) is 0 Å². The molecule has 1 N–H and O–H groups in total. The smallest absolute Gasteiger partial charge is 0.251 e. The molecule has 1 unspecified atom stereocenters. The maximum Gasteiger partial charge on any atom is 0.251 e. The van der Waals surface area contributed by atoms with Crippen LogP contribution in [0.5, 0.6) is 0 Å². The van der Waals surface area contributed by atoms with Gasteiger partial charge in [-0.2, -0.15) is 5.10 Å². The van der Waals surface area contributed by atoms with Gasteiger partial charge in [0.05, 0.1) is 5.69 Å². The van der Waals surface area contributed by atoms with E-state index in [9.17, 15) is 9.59 Å². The van der Waals surface area contributed by atoms with E-state index in [1.807, 2.05) is 38.7 Å². The van der Waals surface area contributed by atoms with Crippen LogP contribution in [-0.2, 0) is 4.79 Å². The van der Waals surface area contributed by atoms with Crippen molar-refractivity contribution in [1.29, 1.82) is 0 Å². The highest BCUT2D eigenvalue weighted by atomic mass is 16.2. The van der Waals surface area contributed by atoms with Crippen LogP contribution < -0.4 is 5.32 Å². The lowest BCUT2D eigenvalue weighted by Crippen LogP contribution is -2.47. The second-order valence-electron chi connectivity index (χ2n) is 7.32. The Morgan fingerprint density at radius 2 is 2.08 bits per heavy atom. The molecule has 0 radical (unpaired) electrons. The number of carbonyl (C=O) groups excluding carboxylic acids is 2. The monoisotopic (exact) mass is 341 g/mol. The van der Waals surface area contributed by atoms with Crippen molar-refractivity contribution in [3.05, 3.63) is 42.0 Å². The highest BCUT2D eigenvalue weighted by Crippen LogP contribution is 2.22. The summed E-state index contributed by atoms with van der Waals surface area (Å²) in [6.45, 7) is 8.58.